The van der Waals surface area contributed by atoms with E-state index in [-0.39, 0.29) is 6.61 Å². The fraction of sp³-hybridized carbons (Fsp3) is 0.242. The zero-order valence-electron chi connectivity index (χ0n) is 22.2. The largest absolute Gasteiger partial charge is 0.452 e. The molecule has 1 aliphatic rings. The molecule has 5 atom stereocenters. The van der Waals surface area contributed by atoms with E-state index < -0.39 is 36.2 Å². The quantitative estimate of drug-likeness (QED) is 0.106. The van der Waals surface area contributed by atoms with Gasteiger partial charge in [-0.2, -0.15) is 0 Å². The summed E-state index contributed by atoms with van der Waals surface area (Å²) in [4.78, 5) is 14.2. The zero-order chi connectivity index (χ0) is 27.6. The number of rotatable bonds is 12. The molecule has 0 amide bonds. The number of hydrogen-bond acceptors (Lipinski definition) is 7. The summed E-state index contributed by atoms with van der Waals surface area (Å²) < 4.78 is 30.9. The summed E-state index contributed by atoms with van der Waals surface area (Å²) in [7, 11) is 0. The Morgan fingerprint density at radius 3 is 2.12 bits per heavy atom. The van der Waals surface area contributed by atoms with Crippen molar-refractivity contribution in [3.63, 3.8) is 0 Å². The third-order valence-electron chi connectivity index (χ3n) is 6.35. The molecule has 0 aliphatic carbocycles. The van der Waals surface area contributed by atoms with Gasteiger partial charge in [0, 0.05) is 10.5 Å². The van der Waals surface area contributed by atoms with Crippen LogP contribution in [-0.4, -0.2) is 36.5 Å². The summed E-state index contributed by atoms with van der Waals surface area (Å²) in [6, 6.07) is 38.4. The van der Waals surface area contributed by atoms with Crippen LogP contribution in [0.1, 0.15) is 34.7 Å². The summed E-state index contributed by atoms with van der Waals surface area (Å²) in [6.45, 7) is 2.50. The van der Waals surface area contributed by atoms with Gasteiger partial charge in [-0.3, -0.25) is 0 Å². The number of esters is 1. The molecule has 1 saturated heterocycles. The molecule has 0 bridgehead atoms. The van der Waals surface area contributed by atoms with Crippen LogP contribution in [0, 0.1) is 0 Å². The Morgan fingerprint density at radius 2 is 1.45 bits per heavy atom. The van der Waals surface area contributed by atoms with Crippen LogP contribution < -0.4 is 0 Å². The minimum atomic E-state index is -0.763. The van der Waals surface area contributed by atoms with Gasteiger partial charge >= 0.3 is 5.97 Å². The second-order valence-corrected chi connectivity index (χ2v) is 10.5. The SMILES string of the molecule is C[C@@H](OCc1ccccc1)[C@H](OC(=O)c1ccccc1)[C@@H](OC1COC(c2ccccc2)O1)Sc1ccccc1. The molecule has 40 heavy (non-hydrogen) atoms. The van der Waals surface area contributed by atoms with Crippen LogP contribution in [0.25, 0.3) is 0 Å². The molecule has 0 saturated carbocycles. The maximum absolute atomic E-state index is 13.3. The van der Waals surface area contributed by atoms with Crippen molar-refractivity contribution in [2.45, 2.75) is 48.7 Å². The molecule has 7 heteroatoms. The molecule has 1 heterocycles. The Bertz CT molecular complexity index is 1310. The lowest BCUT2D eigenvalue weighted by Crippen LogP contribution is -2.43. The number of hydrogen-bond donors (Lipinski definition) is 0. The fourth-order valence-electron chi connectivity index (χ4n) is 4.23. The zero-order valence-corrected chi connectivity index (χ0v) is 23.0. The normalized spacial score (nSPS) is 19.0. The van der Waals surface area contributed by atoms with Gasteiger partial charge in [-0.05, 0) is 36.8 Å². The molecule has 2 unspecified atom stereocenters. The first-order valence-corrected chi connectivity index (χ1v) is 14.1. The van der Waals surface area contributed by atoms with Gasteiger partial charge < -0.3 is 23.7 Å². The molecular weight excluding hydrogens is 524 g/mol. The van der Waals surface area contributed by atoms with Gasteiger partial charge in [0.15, 0.2) is 18.7 Å². The third-order valence-corrected chi connectivity index (χ3v) is 7.51. The number of carbonyl (C=O) groups excluding carboxylic acids is 1. The minimum absolute atomic E-state index is 0.240. The van der Waals surface area contributed by atoms with Crippen LogP contribution in [-0.2, 0) is 30.3 Å². The lowest BCUT2D eigenvalue weighted by molar-refractivity contribution is -0.179. The van der Waals surface area contributed by atoms with Gasteiger partial charge in [-0.15, -0.1) is 0 Å². The van der Waals surface area contributed by atoms with E-state index in [1.54, 1.807) is 24.3 Å². The highest BCUT2D eigenvalue weighted by Crippen LogP contribution is 2.35. The number of benzene rings is 4. The molecule has 0 radical (unpaired) electrons. The first kappa shape index (κ1) is 28.1. The Hall–Kier alpha value is -3.46. The maximum Gasteiger partial charge on any atom is 0.338 e. The van der Waals surface area contributed by atoms with Crippen molar-refractivity contribution < 1.29 is 28.5 Å². The highest BCUT2D eigenvalue weighted by Gasteiger charge is 2.38. The number of ether oxygens (including phenoxy) is 5. The summed E-state index contributed by atoms with van der Waals surface area (Å²) in [6.07, 6.45) is -2.46. The average Bonchev–Trinajstić information content (AvgIpc) is 3.49. The Kier molecular flexibility index (Phi) is 10.0. The molecule has 4 aromatic rings. The van der Waals surface area contributed by atoms with Gasteiger partial charge in [-0.25, -0.2) is 4.79 Å². The van der Waals surface area contributed by atoms with Crippen LogP contribution in [0.3, 0.4) is 0 Å². The van der Waals surface area contributed by atoms with Crippen molar-refractivity contribution in [3.05, 3.63) is 138 Å². The van der Waals surface area contributed by atoms with Crippen LogP contribution in [0.15, 0.2) is 126 Å². The van der Waals surface area contributed by atoms with Crippen LogP contribution >= 0.6 is 11.8 Å². The maximum atomic E-state index is 13.3. The smallest absolute Gasteiger partial charge is 0.338 e. The highest BCUT2D eigenvalue weighted by atomic mass is 32.2. The van der Waals surface area contributed by atoms with E-state index in [0.29, 0.717) is 12.2 Å². The van der Waals surface area contributed by atoms with Gasteiger partial charge in [0.05, 0.1) is 18.3 Å². The molecule has 1 fully saturated rings. The molecule has 1 aliphatic heterocycles. The van der Waals surface area contributed by atoms with Crippen LogP contribution in [0.2, 0.25) is 0 Å². The van der Waals surface area contributed by atoms with Crippen molar-refractivity contribution in [2.24, 2.45) is 0 Å². The molecule has 6 nitrogen and oxygen atoms in total. The van der Waals surface area contributed by atoms with Gasteiger partial charge in [0.2, 0.25) is 0 Å². The van der Waals surface area contributed by atoms with Crippen molar-refractivity contribution in [2.75, 3.05) is 6.61 Å². The van der Waals surface area contributed by atoms with Gasteiger partial charge in [-0.1, -0.05) is 109 Å². The van der Waals surface area contributed by atoms with Crippen molar-refractivity contribution >= 4 is 17.7 Å². The van der Waals surface area contributed by atoms with Crippen molar-refractivity contribution in [1.29, 1.82) is 0 Å². The first-order valence-electron chi connectivity index (χ1n) is 13.3. The predicted octanol–water partition coefficient (Wildman–Crippen LogP) is 7.02. The van der Waals surface area contributed by atoms with E-state index in [4.69, 9.17) is 23.7 Å². The van der Waals surface area contributed by atoms with Crippen LogP contribution in [0.4, 0.5) is 0 Å². The van der Waals surface area contributed by atoms with E-state index in [2.05, 4.69) is 0 Å². The average molecular weight is 557 g/mol. The second-order valence-electron chi connectivity index (χ2n) is 9.31. The number of thioether (sulfide) groups is 1. The van der Waals surface area contributed by atoms with E-state index in [0.717, 1.165) is 16.0 Å². The Balaban J connectivity index is 1.38. The van der Waals surface area contributed by atoms with E-state index in [9.17, 15) is 4.79 Å². The molecule has 5 rings (SSSR count). The molecular formula is C33H32O6S. The van der Waals surface area contributed by atoms with E-state index in [1.165, 1.54) is 11.8 Å². The monoisotopic (exact) mass is 556 g/mol. The predicted molar refractivity (Wildman–Crippen MR) is 154 cm³/mol. The minimum Gasteiger partial charge on any atom is -0.452 e. The fourth-order valence-corrected chi connectivity index (χ4v) is 5.40. The topological polar surface area (TPSA) is 63.2 Å². The van der Waals surface area contributed by atoms with E-state index >= 15 is 0 Å². The Morgan fingerprint density at radius 1 is 0.850 bits per heavy atom. The van der Waals surface area contributed by atoms with Gasteiger partial charge in [0.25, 0.3) is 0 Å². The molecule has 0 spiro atoms. The summed E-state index contributed by atoms with van der Waals surface area (Å²) >= 11 is 1.45. The van der Waals surface area contributed by atoms with Crippen molar-refractivity contribution in [3.8, 4) is 0 Å². The summed E-state index contributed by atoms with van der Waals surface area (Å²) in [5.41, 5.74) is 1.74. The lowest BCUT2D eigenvalue weighted by atomic mass is 10.2. The van der Waals surface area contributed by atoms with Crippen LogP contribution in [0.5, 0.6) is 0 Å². The Labute approximate surface area is 239 Å². The molecule has 0 aromatic heterocycles. The van der Waals surface area contributed by atoms with E-state index in [1.807, 2.05) is 104 Å². The highest BCUT2D eigenvalue weighted by molar-refractivity contribution is 7.99. The summed E-state index contributed by atoms with van der Waals surface area (Å²) in [5.74, 6) is -0.450. The number of carbonyl (C=O) groups is 1. The molecule has 0 N–H and O–H groups in total. The summed E-state index contributed by atoms with van der Waals surface area (Å²) in [5, 5.41) is 0. The standard InChI is InChI=1S/C33H32O6S/c1-24(35-22-25-14-6-2-7-15-25)30(39-31(34)26-16-8-3-9-17-26)33(40-28-20-12-5-13-21-28)38-29-23-36-32(37-29)27-18-10-4-11-19-27/h2-21,24,29-30,32-33H,22-23H2,1H3/t24-,29?,30+,32?,33+/m1/s1. The molecule has 4 aromatic carbocycles. The van der Waals surface area contributed by atoms with Gasteiger partial charge in [0.1, 0.15) is 12.0 Å². The second kappa shape index (κ2) is 14.3. The molecule has 206 valence electrons. The third kappa shape index (κ3) is 7.81. The van der Waals surface area contributed by atoms with Crippen molar-refractivity contribution in [1.82, 2.24) is 0 Å². The first-order chi connectivity index (χ1) is 19.7. The lowest BCUT2D eigenvalue weighted by Gasteiger charge is -2.32.